The van der Waals surface area contributed by atoms with Crippen LogP contribution >= 0.6 is 0 Å². The number of hydrogen-bond acceptors (Lipinski definition) is 6. The van der Waals surface area contributed by atoms with Gasteiger partial charge in [0.15, 0.2) is 0 Å². The Hall–Kier alpha value is -3.15. The molecule has 134 valence electrons. The van der Waals surface area contributed by atoms with E-state index in [-0.39, 0.29) is 6.42 Å². The van der Waals surface area contributed by atoms with E-state index in [9.17, 15) is 9.59 Å². The summed E-state index contributed by atoms with van der Waals surface area (Å²) in [5.74, 6) is -0.687. The van der Waals surface area contributed by atoms with Crippen molar-refractivity contribution in [1.29, 1.82) is 0 Å². The molecule has 1 aliphatic rings. The summed E-state index contributed by atoms with van der Waals surface area (Å²) in [5, 5.41) is 4.02. The van der Waals surface area contributed by atoms with Crippen molar-refractivity contribution in [2.45, 2.75) is 18.9 Å². The molecule has 26 heavy (non-hydrogen) atoms. The number of hydrogen-bond donors (Lipinski definition) is 0. The summed E-state index contributed by atoms with van der Waals surface area (Å²) < 4.78 is 10.2. The first kappa shape index (κ1) is 17.7. The van der Waals surface area contributed by atoms with Crippen molar-refractivity contribution in [2.24, 2.45) is 5.16 Å². The molecule has 0 spiro atoms. The Morgan fingerprint density at radius 3 is 2.42 bits per heavy atom. The molecule has 3 rings (SSSR count). The zero-order valence-electron chi connectivity index (χ0n) is 14.8. The summed E-state index contributed by atoms with van der Waals surface area (Å²) in [4.78, 5) is 31.0. The van der Waals surface area contributed by atoms with Gasteiger partial charge in [0.25, 0.3) is 0 Å². The van der Waals surface area contributed by atoms with Crippen molar-refractivity contribution >= 4 is 17.5 Å². The topological polar surface area (TPSA) is 74.2 Å². The normalized spacial score (nSPS) is 18.7. The number of carbonyl (C=O) groups is 2. The van der Waals surface area contributed by atoms with Gasteiger partial charge in [0, 0.05) is 11.1 Å². The van der Waals surface area contributed by atoms with Gasteiger partial charge >= 0.3 is 11.6 Å². The zero-order chi connectivity index (χ0) is 18.7. The quantitative estimate of drug-likeness (QED) is 0.469. The van der Waals surface area contributed by atoms with Crippen molar-refractivity contribution in [3.63, 3.8) is 0 Å². The maximum atomic E-state index is 13.1. The molecule has 1 atom stereocenters. The Labute approximate surface area is 151 Å². The van der Waals surface area contributed by atoms with Crippen LogP contribution in [0, 0.1) is 6.92 Å². The lowest BCUT2D eigenvalue weighted by Gasteiger charge is -2.22. The third kappa shape index (κ3) is 2.94. The molecule has 1 aliphatic heterocycles. The largest absolute Gasteiger partial charge is 0.496 e. The van der Waals surface area contributed by atoms with Crippen LogP contribution in [0.5, 0.6) is 5.75 Å². The summed E-state index contributed by atoms with van der Waals surface area (Å²) in [6, 6.07) is 14.1. The molecule has 0 amide bonds. The average molecular weight is 353 g/mol. The fraction of sp³-hybridized carbons (Fsp3) is 0.250. The minimum absolute atomic E-state index is 0.0350. The smallest absolute Gasteiger partial charge is 0.361 e. The summed E-state index contributed by atoms with van der Waals surface area (Å²) in [6.45, 7) is 1.92. The third-order valence-corrected chi connectivity index (χ3v) is 4.34. The van der Waals surface area contributed by atoms with Gasteiger partial charge in [-0.2, -0.15) is 0 Å². The highest BCUT2D eigenvalue weighted by Gasteiger charge is 2.55. The van der Waals surface area contributed by atoms with Gasteiger partial charge < -0.3 is 14.3 Å². The molecule has 6 nitrogen and oxygen atoms in total. The Bertz CT molecular complexity index is 872. The number of Topliss-reactive ketones (excluding diaryl/α,β-unsaturated/α-hetero) is 1. The van der Waals surface area contributed by atoms with E-state index in [0.717, 1.165) is 5.56 Å². The molecule has 0 radical (unpaired) electrons. The van der Waals surface area contributed by atoms with E-state index in [2.05, 4.69) is 5.16 Å². The number of carbonyl (C=O) groups excluding carboxylic acids is 2. The lowest BCUT2D eigenvalue weighted by atomic mass is 9.86. The number of esters is 1. The molecule has 1 heterocycles. The first-order valence-electron chi connectivity index (χ1n) is 8.10. The monoisotopic (exact) mass is 353 g/mol. The second-order valence-electron chi connectivity index (χ2n) is 6.02. The number of benzene rings is 2. The lowest BCUT2D eigenvalue weighted by Crippen LogP contribution is -2.47. The SMILES string of the molecule is COC(=O)C1(C(=O)c2ccc(C)cc2)CC(c2ccccc2OC)=NO1. The molecule has 0 aliphatic carbocycles. The van der Waals surface area contributed by atoms with E-state index >= 15 is 0 Å². The molecule has 6 heteroatoms. The third-order valence-electron chi connectivity index (χ3n) is 4.34. The van der Waals surface area contributed by atoms with Crippen LogP contribution in [-0.4, -0.2) is 37.3 Å². The second-order valence-corrected chi connectivity index (χ2v) is 6.02. The van der Waals surface area contributed by atoms with Gasteiger partial charge in [-0.25, -0.2) is 4.79 Å². The van der Waals surface area contributed by atoms with Crippen LogP contribution in [0.2, 0.25) is 0 Å². The highest BCUT2D eigenvalue weighted by Crippen LogP contribution is 2.34. The van der Waals surface area contributed by atoms with E-state index in [1.54, 1.807) is 43.5 Å². The predicted octanol–water partition coefficient (Wildman–Crippen LogP) is 2.92. The fourth-order valence-electron chi connectivity index (χ4n) is 2.89. The van der Waals surface area contributed by atoms with E-state index in [1.165, 1.54) is 7.11 Å². The van der Waals surface area contributed by atoms with E-state index in [0.29, 0.717) is 22.6 Å². The van der Waals surface area contributed by atoms with Crippen LogP contribution in [0.4, 0.5) is 0 Å². The molecule has 0 saturated carbocycles. The highest BCUT2D eigenvalue weighted by molar-refractivity contribution is 6.20. The first-order valence-corrected chi connectivity index (χ1v) is 8.10. The highest BCUT2D eigenvalue weighted by atomic mass is 16.7. The van der Waals surface area contributed by atoms with Crippen molar-refractivity contribution < 1.29 is 23.9 Å². The molecular formula is C20H19NO5. The Kier molecular flexibility index (Phi) is 4.75. The van der Waals surface area contributed by atoms with Crippen LogP contribution in [0.15, 0.2) is 53.7 Å². The van der Waals surface area contributed by atoms with Crippen LogP contribution in [0.25, 0.3) is 0 Å². The van der Waals surface area contributed by atoms with Crippen molar-refractivity contribution in [3.8, 4) is 5.75 Å². The molecule has 2 aromatic rings. The van der Waals surface area contributed by atoms with Gasteiger partial charge in [0.2, 0.25) is 5.78 Å². The van der Waals surface area contributed by atoms with E-state index < -0.39 is 17.4 Å². The Balaban J connectivity index is 1.98. The fourth-order valence-corrected chi connectivity index (χ4v) is 2.89. The number of methoxy groups -OCH3 is 2. The van der Waals surface area contributed by atoms with Gasteiger partial charge in [-0.1, -0.05) is 47.1 Å². The van der Waals surface area contributed by atoms with Crippen molar-refractivity contribution in [1.82, 2.24) is 0 Å². The van der Waals surface area contributed by atoms with Crippen molar-refractivity contribution in [2.75, 3.05) is 14.2 Å². The number of aryl methyl sites for hydroxylation is 1. The van der Waals surface area contributed by atoms with Crippen LogP contribution in [0.1, 0.15) is 27.9 Å². The molecule has 0 fully saturated rings. The molecule has 0 bridgehead atoms. The predicted molar refractivity (Wildman–Crippen MR) is 95.5 cm³/mol. The number of nitrogens with zero attached hydrogens (tertiary/aromatic N) is 1. The summed E-state index contributed by atoms with van der Waals surface area (Å²) in [5.41, 5.74) is 0.649. The molecular weight excluding hydrogens is 334 g/mol. The van der Waals surface area contributed by atoms with Gasteiger partial charge in [-0.15, -0.1) is 0 Å². The summed E-state index contributed by atoms with van der Waals surface area (Å²) >= 11 is 0. The van der Waals surface area contributed by atoms with Crippen LogP contribution in [0.3, 0.4) is 0 Å². The minimum atomic E-state index is -1.83. The van der Waals surface area contributed by atoms with Gasteiger partial charge in [0.05, 0.1) is 26.4 Å². The molecule has 0 N–H and O–H groups in total. The maximum absolute atomic E-state index is 13.1. The van der Waals surface area contributed by atoms with Gasteiger partial charge in [-0.05, 0) is 19.1 Å². The number of rotatable bonds is 5. The van der Waals surface area contributed by atoms with Gasteiger partial charge in [-0.3, -0.25) is 4.79 Å². The lowest BCUT2D eigenvalue weighted by molar-refractivity contribution is -0.160. The minimum Gasteiger partial charge on any atom is -0.496 e. The van der Waals surface area contributed by atoms with E-state index in [1.807, 2.05) is 19.1 Å². The van der Waals surface area contributed by atoms with Crippen molar-refractivity contribution in [3.05, 3.63) is 65.2 Å². The number of ether oxygens (including phenoxy) is 2. The number of ketones is 1. The molecule has 0 saturated heterocycles. The number of para-hydroxylation sites is 1. The maximum Gasteiger partial charge on any atom is 0.361 e. The molecule has 2 aromatic carbocycles. The van der Waals surface area contributed by atoms with E-state index in [4.69, 9.17) is 14.3 Å². The summed E-state index contributed by atoms with van der Waals surface area (Å²) in [7, 11) is 2.76. The number of oxime groups is 1. The zero-order valence-corrected chi connectivity index (χ0v) is 14.8. The first-order chi connectivity index (χ1) is 12.5. The molecule has 1 unspecified atom stereocenters. The summed E-state index contributed by atoms with van der Waals surface area (Å²) in [6.07, 6.45) is -0.0350. The van der Waals surface area contributed by atoms with Gasteiger partial charge in [0.1, 0.15) is 5.75 Å². The molecule has 0 aromatic heterocycles. The second kappa shape index (κ2) is 7.00. The van der Waals surface area contributed by atoms with Crippen LogP contribution < -0.4 is 4.74 Å². The van der Waals surface area contributed by atoms with Crippen LogP contribution in [-0.2, 0) is 14.4 Å². The average Bonchev–Trinajstić information content (AvgIpc) is 3.13. The Morgan fingerprint density at radius 2 is 1.77 bits per heavy atom. The Morgan fingerprint density at radius 1 is 1.08 bits per heavy atom. The standard InChI is InChI=1S/C20H19NO5/c1-13-8-10-14(11-9-13)18(22)20(19(23)25-3)12-16(21-26-20)15-6-4-5-7-17(15)24-2/h4-11H,12H2,1-3H3.